The number of hydrogen-bond acceptors (Lipinski definition) is 9. The summed E-state index contributed by atoms with van der Waals surface area (Å²) in [5.74, 6) is -0.823. The number of rotatable bonds is 8. The number of carboxylic acid groups (broad SMARTS) is 1. The lowest BCUT2D eigenvalue weighted by molar-refractivity contribution is -0.145. The lowest BCUT2D eigenvalue weighted by Crippen LogP contribution is -2.53. The Morgan fingerprint density at radius 1 is 1.08 bits per heavy atom. The van der Waals surface area contributed by atoms with Gasteiger partial charge >= 0.3 is 12.1 Å². The Morgan fingerprint density at radius 3 is 2.57 bits per heavy atom. The molecule has 1 aromatic heterocycles. The van der Waals surface area contributed by atoms with Crippen molar-refractivity contribution < 1.29 is 43.2 Å². The molecule has 1 aromatic carbocycles. The molecule has 276 valence electrons. The van der Waals surface area contributed by atoms with E-state index in [-0.39, 0.29) is 49.8 Å². The number of carboxylic acids is 1. The molecule has 0 bridgehead atoms. The minimum absolute atomic E-state index is 0.0393. The first-order chi connectivity index (χ1) is 24.5. The highest BCUT2D eigenvalue weighted by atomic mass is 16.6. The van der Waals surface area contributed by atoms with Crippen LogP contribution in [0.2, 0.25) is 0 Å². The quantitative estimate of drug-likeness (QED) is 0.311. The normalized spacial score (nSPS) is 27.8. The second-order valence-corrected chi connectivity index (χ2v) is 14.6. The molecule has 13 nitrogen and oxygen atoms in total. The van der Waals surface area contributed by atoms with Crippen LogP contribution in [0.15, 0.2) is 30.4 Å². The average Bonchev–Trinajstić information content (AvgIpc) is 3.35. The summed E-state index contributed by atoms with van der Waals surface area (Å²) in [6.45, 7) is 5.79. The predicted molar refractivity (Wildman–Crippen MR) is 188 cm³/mol. The van der Waals surface area contributed by atoms with Gasteiger partial charge in [0.25, 0.3) is 0 Å². The fraction of sp³-hybridized carbons (Fsp3) is 0.605. The summed E-state index contributed by atoms with van der Waals surface area (Å²) in [6, 6.07) is 3.92. The molecule has 0 radical (unpaired) electrons. The van der Waals surface area contributed by atoms with Crippen molar-refractivity contribution in [2.24, 2.45) is 5.92 Å². The van der Waals surface area contributed by atoms with E-state index in [1.807, 2.05) is 45.1 Å². The summed E-state index contributed by atoms with van der Waals surface area (Å²) in [5.41, 5.74) is 0.0229. The number of amides is 3. The van der Waals surface area contributed by atoms with Crippen LogP contribution in [-0.4, -0.2) is 88.5 Å². The monoisotopic (exact) mass is 706 g/mol. The number of alkyl carbamates (subject to hydrolysis) is 1. The van der Waals surface area contributed by atoms with Crippen molar-refractivity contribution in [2.45, 2.75) is 127 Å². The van der Waals surface area contributed by atoms with Crippen molar-refractivity contribution in [3.8, 4) is 17.4 Å². The number of carbonyl (C=O) groups is 4. The summed E-state index contributed by atoms with van der Waals surface area (Å²) < 4.78 is 23.8. The Labute approximate surface area is 298 Å². The van der Waals surface area contributed by atoms with Crippen LogP contribution in [-0.2, 0) is 19.1 Å². The standard InChI is InChI=1S/C38H50N4O9/c1-22(2)49-32-19-31(28-15-16-30(48-4)23(3)34(28)40-32)50-27-18-29-35(44)41-38(36(45)46)20-24(38)11-7-5-6-8-12-25(17-33(43)42(29)21-27)39-37(47)51-26-13-9-10-14-26/h7,11,15-16,19,22,24-27,29H,5-6,8-10,12-14,17-18,20-21H2,1-4H3,(H,39,47)(H,41,44)(H,45,46)/b11-7-/t24-,25-,27+,29-,38+/m0/s1. The number of hydrogen-bond donors (Lipinski definition) is 3. The molecular weight excluding hydrogens is 656 g/mol. The number of carbonyl (C=O) groups excluding carboxylic acids is 3. The van der Waals surface area contributed by atoms with Gasteiger partial charge in [-0.25, -0.2) is 14.6 Å². The van der Waals surface area contributed by atoms with E-state index in [0.717, 1.165) is 50.5 Å². The van der Waals surface area contributed by atoms with Crippen molar-refractivity contribution in [1.82, 2.24) is 20.5 Å². The van der Waals surface area contributed by atoms with Gasteiger partial charge in [0.15, 0.2) is 0 Å². The van der Waals surface area contributed by atoms with Gasteiger partial charge in [0.1, 0.15) is 35.3 Å². The number of fused-ring (bicyclic) bond motifs is 3. The summed E-state index contributed by atoms with van der Waals surface area (Å²) in [6.07, 6.45) is 9.32. The first-order valence-corrected chi connectivity index (χ1v) is 18.3. The maximum Gasteiger partial charge on any atom is 0.407 e. The third-order valence-corrected chi connectivity index (χ3v) is 10.5. The third kappa shape index (κ3) is 8.18. The summed E-state index contributed by atoms with van der Waals surface area (Å²) in [7, 11) is 1.59. The number of aromatic nitrogens is 1. The molecule has 1 saturated heterocycles. The number of aliphatic carboxylic acids is 1. The molecule has 2 aromatic rings. The van der Waals surface area contributed by atoms with Gasteiger partial charge < -0.3 is 39.6 Å². The lowest BCUT2D eigenvalue weighted by Gasteiger charge is -2.27. The van der Waals surface area contributed by atoms with E-state index in [4.69, 9.17) is 23.9 Å². The second kappa shape index (κ2) is 15.4. The van der Waals surface area contributed by atoms with Gasteiger partial charge in [0.2, 0.25) is 17.7 Å². The molecule has 2 aliphatic carbocycles. The number of nitrogens with zero attached hydrogens (tertiary/aromatic N) is 2. The van der Waals surface area contributed by atoms with Crippen molar-refractivity contribution in [3.05, 3.63) is 35.9 Å². The molecule has 2 saturated carbocycles. The molecule has 2 aliphatic heterocycles. The molecule has 13 heteroatoms. The number of aryl methyl sites for hydroxylation is 1. The number of pyridine rings is 1. The van der Waals surface area contributed by atoms with Gasteiger partial charge in [0, 0.05) is 41.8 Å². The Balaban J connectivity index is 1.28. The van der Waals surface area contributed by atoms with E-state index >= 15 is 0 Å². The van der Waals surface area contributed by atoms with Crippen LogP contribution in [0.5, 0.6) is 17.4 Å². The lowest BCUT2D eigenvalue weighted by atomic mass is 10.0. The molecule has 3 heterocycles. The van der Waals surface area contributed by atoms with Gasteiger partial charge in [0.05, 0.1) is 25.3 Å². The molecule has 3 N–H and O–H groups in total. The summed E-state index contributed by atoms with van der Waals surface area (Å²) in [5, 5.41) is 16.6. The van der Waals surface area contributed by atoms with Crippen molar-refractivity contribution in [3.63, 3.8) is 0 Å². The maximum atomic E-state index is 14.1. The summed E-state index contributed by atoms with van der Waals surface area (Å²) >= 11 is 0. The highest BCUT2D eigenvalue weighted by Crippen LogP contribution is 2.45. The van der Waals surface area contributed by atoms with Gasteiger partial charge in [-0.1, -0.05) is 18.6 Å². The van der Waals surface area contributed by atoms with E-state index < -0.39 is 41.7 Å². The van der Waals surface area contributed by atoms with Crippen LogP contribution in [0.1, 0.15) is 90.0 Å². The van der Waals surface area contributed by atoms with Crippen LogP contribution in [0.25, 0.3) is 10.9 Å². The molecule has 6 rings (SSSR count). The predicted octanol–water partition coefficient (Wildman–Crippen LogP) is 5.20. The van der Waals surface area contributed by atoms with E-state index in [9.17, 15) is 24.3 Å². The Morgan fingerprint density at radius 2 is 1.84 bits per heavy atom. The van der Waals surface area contributed by atoms with Crippen molar-refractivity contribution in [1.29, 1.82) is 0 Å². The number of nitrogens with one attached hydrogen (secondary N) is 2. The molecule has 5 atom stereocenters. The van der Waals surface area contributed by atoms with E-state index in [1.165, 1.54) is 4.90 Å². The molecular formula is C38H50N4O9. The molecule has 3 fully saturated rings. The topological polar surface area (TPSA) is 166 Å². The van der Waals surface area contributed by atoms with Crippen molar-refractivity contribution in [2.75, 3.05) is 13.7 Å². The smallest absolute Gasteiger partial charge is 0.407 e. The second-order valence-electron chi connectivity index (χ2n) is 14.6. The van der Waals surface area contributed by atoms with E-state index in [1.54, 1.807) is 13.2 Å². The number of allylic oxidation sites excluding steroid dienone is 1. The average molecular weight is 707 g/mol. The minimum atomic E-state index is -1.42. The maximum absolute atomic E-state index is 14.1. The van der Waals surface area contributed by atoms with Crippen LogP contribution >= 0.6 is 0 Å². The Bertz CT molecular complexity index is 1670. The van der Waals surface area contributed by atoms with Crippen LogP contribution in [0.3, 0.4) is 0 Å². The molecule has 3 amide bonds. The number of methoxy groups -OCH3 is 1. The largest absolute Gasteiger partial charge is 0.496 e. The highest BCUT2D eigenvalue weighted by Gasteiger charge is 2.61. The zero-order chi connectivity index (χ0) is 36.3. The molecule has 51 heavy (non-hydrogen) atoms. The zero-order valence-electron chi connectivity index (χ0n) is 29.9. The van der Waals surface area contributed by atoms with Gasteiger partial charge in [-0.3, -0.25) is 9.59 Å². The fourth-order valence-corrected chi connectivity index (χ4v) is 7.66. The molecule has 4 aliphatic rings. The van der Waals surface area contributed by atoms with Crippen LogP contribution < -0.4 is 24.8 Å². The zero-order valence-corrected chi connectivity index (χ0v) is 29.9. The van der Waals surface area contributed by atoms with Crippen LogP contribution in [0, 0.1) is 12.8 Å². The first kappa shape index (κ1) is 36.2. The highest BCUT2D eigenvalue weighted by molar-refractivity contribution is 5.95. The van der Waals surface area contributed by atoms with E-state index in [0.29, 0.717) is 34.7 Å². The molecule has 0 unspecified atom stereocenters. The summed E-state index contributed by atoms with van der Waals surface area (Å²) in [4.78, 5) is 59.7. The number of ether oxygens (including phenoxy) is 4. The van der Waals surface area contributed by atoms with E-state index in [2.05, 4.69) is 10.6 Å². The van der Waals surface area contributed by atoms with Gasteiger partial charge in [-0.05, 0) is 84.3 Å². The van der Waals surface area contributed by atoms with Gasteiger partial charge in [-0.15, -0.1) is 0 Å². The Kier molecular flexibility index (Phi) is 10.9. The fourth-order valence-electron chi connectivity index (χ4n) is 7.66. The van der Waals surface area contributed by atoms with Crippen LogP contribution in [0.4, 0.5) is 4.79 Å². The first-order valence-electron chi connectivity index (χ1n) is 18.3. The van der Waals surface area contributed by atoms with Crippen molar-refractivity contribution >= 4 is 34.8 Å². The SMILES string of the molecule is COc1ccc2c(O[C@@H]3C[C@H]4C(=O)N[C@]5(C(=O)O)C[C@@H]5/C=C\CCCC[C@H](NC(=O)OC5CCCC5)CC(=O)N4C3)cc(OC(C)C)nc2c1C. The minimum Gasteiger partial charge on any atom is -0.496 e. The molecule has 0 spiro atoms. The van der Waals surface area contributed by atoms with Gasteiger partial charge in [-0.2, -0.15) is 0 Å². The number of benzene rings is 1. The Hall–Kier alpha value is -4.55. The third-order valence-electron chi connectivity index (χ3n) is 10.5.